The first-order valence-electron chi connectivity index (χ1n) is 4.79. The van der Waals surface area contributed by atoms with Gasteiger partial charge in [-0.2, -0.15) is 0 Å². The quantitative estimate of drug-likeness (QED) is 0.700. The molecule has 2 rings (SSSR count). The van der Waals surface area contributed by atoms with Crippen LogP contribution in [0.1, 0.15) is 5.56 Å². The average molecular weight is 177 g/mol. The SMILES string of the molecule is O[C@@H]1CNC[C@H]1Cc1ccccc1. The van der Waals surface area contributed by atoms with Crippen LogP contribution < -0.4 is 5.32 Å². The molecule has 2 N–H and O–H groups in total. The van der Waals surface area contributed by atoms with Crippen molar-refractivity contribution in [1.82, 2.24) is 5.32 Å². The van der Waals surface area contributed by atoms with Gasteiger partial charge in [-0.15, -0.1) is 0 Å². The van der Waals surface area contributed by atoms with E-state index in [1.54, 1.807) is 0 Å². The Kier molecular flexibility index (Phi) is 2.62. The lowest BCUT2D eigenvalue weighted by Gasteiger charge is -2.12. The Balaban J connectivity index is 1.98. The molecule has 1 aliphatic rings. The molecule has 2 heteroatoms. The molecule has 1 saturated heterocycles. The van der Waals surface area contributed by atoms with Crippen molar-refractivity contribution in [3.05, 3.63) is 35.9 Å². The zero-order valence-electron chi connectivity index (χ0n) is 7.61. The lowest BCUT2D eigenvalue weighted by atomic mass is 9.97. The van der Waals surface area contributed by atoms with Gasteiger partial charge in [-0.1, -0.05) is 30.3 Å². The third kappa shape index (κ3) is 2.08. The van der Waals surface area contributed by atoms with Crippen molar-refractivity contribution in [2.45, 2.75) is 12.5 Å². The molecule has 2 nitrogen and oxygen atoms in total. The second-order valence-electron chi connectivity index (χ2n) is 3.68. The number of β-amino-alcohol motifs (C(OH)–C–C–N with tert-alkyl or cyclic N) is 1. The van der Waals surface area contributed by atoms with Gasteiger partial charge in [-0.25, -0.2) is 0 Å². The third-order valence-electron chi connectivity index (χ3n) is 2.64. The first-order valence-corrected chi connectivity index (χ1v) is 4.79. The highest BCUT2D eigenvalue weighted by atomic mass is 16.3. The van der Waals surface area contributed by atoms with Crippen molar-refractivity contribution in [2.24, 2.45) is 5.92 Å². The first kappa shape index (κ1) is 8.73. The van der Waals surface area contributed by atoms with Gasteiger partial charge in [0.1, 0.15) is 0 Å². The van der Waals surface area contributed by atoms with E-state index in [1.165, 1.54) is 5.56 Å². The summed E-state index contributed by atoms with van der Waals surface area (Å²) in [6, 6.07) is 10.3. The molecule has 0 amide bonds. The monoisotopic (exact) mass is 177 g/mol. The zero-order chi connectivity index (χ0) is 9.10. The lowest BCUT2D eigenvalue weighted by Crippen LogP contribution is -2.19. The molecular weight excluding hydrogens is 162 g/mol. The van der Waals surface area contributed by atoms with E-state index in [9.17, 15) is 5.11 Å². The van der Waals surface area contributed by atoms with E-state index in [0.29, 0.717) is 5.92 Å². The third-order valence-corrected chi connectivity index (χ3v) is 2.64. The molecule has 1 fully saturated rings. The minimum atomic E-state index is -0.166. The van der Waals surface area contributed by atoms with Crippen molar-refractivity contribution in [3.63, 3.8) is 0 Å². The first-order chi connectivity index (χ1) is 6.36. The van der Waals surface area contributed by atoms with Gasteiger partial charge in [-0.05, 0) is 12.0 Å². The number of hydrogen-bond donors (Lipinski definition) is 2. The second-order valence-corrected chi connectivity index (χ2v) is 3.68. The largest absolute Gasteiger partial charge is 0.391 e. The van der Waals surface area contributed by atoms with Crippen LogP contribution in [0.2, 0.25) is 0 Å². The Labute approximate surface area is 78.6 Å². The molecule has 1 heterocycles. The maximum absolute atomic E-state index is 9.59. The van der Waals surface area contributed by atoms with Gasteiger partial charge in [0.15, 0.2) is 0 Å². The molecule has 0 bridgehead atoms. The Morgan fingerprint density at radius 2 is 2.00 bits per heavy atom. The van der Waals surface area contributed by atoms with Crippen LogP contribution in [0.3, 0.4) is 0 Å². The number of rotatable bonds is 2. The van der Waals surface area contributed by atoms with Gasteiger partial charge in [0, 0.05) is 19.0 Å². The highest BCUT2D eigenvalue weighted by Crippen LogP contribution is 2.15. The van der Waals surface area contributed by atoms with Crippen LogP contribution in [0.25, 0.3) is 0 Å². The molecule has 0 unspecified atom stereocenters. The maximum atomic E-state index is 9.59. The van der Waals surface area contributed by atoms with E-state index < -0.39 is 0 Å². The van der Waals surface area contributed by atoms with Crippen LogP contribution in [0, 0.1) is 5.92 Å². The van der Waals surface area contributed by atoms with E-state index in [2.05, 4.69) is 17.4 Å². The van der Waals surface area contributed by atoms with Crippen molar-refractivity contribution < 1.29 is 5.11 Å². The van der Waals surface area contributed by atoms with Gasteiger partial charge in [0.05, 0.1) is 6.10 Å². The van der Waals surface area contributed by atoms with Gasteiger partial charge in [-0.3, -0.25) is 0 Å². The fourth-order valence-corrected chi connectivity index (χ4v) is 1.84. The zero-order valence-corrected chi connectivity index (χ0v) is 7.61. The van der Waals surface area contributed by atoms with Crippen LogP contribution in [0.4, 0.5) is 0 Å². The Hall–Kier alpha value is -0.860. The van der Waals surface area contributed by atoms with E-state index >= 15 is 0 Å². The van der Waals surface area contributed by atoms with E-state index in [0.717, 1.165) is 19.5 Å². The van der Waals surface area contributed by atoms with Crippen LogP contribution in [-0.4, -0.2) is 24.3 Å². The van der Waals surface area contributed by atoms with Crippen molar-refractivity contribution in [1.29, 1.82) is 0 Å². The van der Waals surface area contributed by atoms with Crippen molar-refractivity contribution >= 4 is 0 Å². The van der Waals surface area contributed by atoms with Crippen LogP contribution in [0.5, 0.6) is 0 Å². The summed E-state index contributed by atoms with van der Waals surface area (Å²) in [4.78, 5) is 0. The number of aliphatic hydroxyl groups is 1. The van der Waals surface area contributed by atoms with Crippen LogP contribution in [-0.2, 0) is 6.42 Å². The minimum Gasteiger partial charge on any atom is -0.391 e. The van der Waals surface area contributed by atoms with Crippen molar-refractivity contribution in [2.75, 3.05) is 13.1 Å². The molecule has 0 aromatic heterocycles. The fourth-order valence-electron chi connectivity index (χ4n) is 1.84. The Morgan fingerprint density at radius 1 is 1.23 bits per heavy atom. The highest BCUT2D eigenvalue weighted by Gasteiger charge is 2.24. The molecule has 0 radical (unpaired) electrons. The van der Waals surface area contributed by atoms with Crippen molar-refractivity contribution in [3.8, 4) is 0 Å². The molecule has 0 spiro atoms. The lowest BCUT2D eigenvalue weighted by molar-refractivity contribution is 0.147. The molecule has 2 atom stereocenters. The summed E-state index contributed by atoms with van der Waals surface area (Å²) < 4.78 is 0. The average Bonchev–Trinajstić information content (AvgIpc) is 2.54. The summed E-state index contributed by atoms with van der Waals surface area (Å²) in [5, 5.41) is 12.8. The van der Waals surface area contributed by atoms with E-state index in [1.807, 2.05) is 18.2 Å². The summed E-state index contributed by atoms with van der Waals surface area (Å²) in [7, 11) is 0. The summed E-state index contributed by atoms with van der Waals surface area (Å²) >= 11 is 0. The summed E-state index contributed by atoms with van der Waals surface area (Å²) in [6.07, 6.45) is 0.815. The Morgan fingerprint density at radius 3 is 2.62 bits per heavy atom. The van der Waals surface area contributed by atoms with E-state index in [-0.39, 0.29) is 6.10 Å². The molecule has 1 aromatic rings. The number of benzene rings is 1. The standard InChI is InChI=1S/C11H15NO/c13-11-8-12-7-10(11)6-9-4-2-1-3-5-9/h1-5,10-13H,6-8H2/t10-,11-/m1/s1. The number of hydrogen-bond acceptors (Lipinski definition) is 2. The smallest absolute Gasteiger partial charge is 0.0708 e. The summed E-state index contributed by atoms with van der Waals surface area (Å²) in [5.41, 5.74) is 1.32. The predicted molar refractivity (Wildman–Crippen MR) is 52.5 cm³/mol. The fraction of sp³-hybridized carbons (Fsp3) is 0.455. The topological polar surface area (TPSA) is 32.3 Å². The highest BCUT2D eigenvalue weighted by molar-refractivity contribution is 5.15. The van der Waals surface area contributed by atoms with Gasteiger partial charge >= 0.3 is 0 Å². The molecule has 13 heavy (non-hydrogen) atoms. The number of nitrogens with one attached hydrogen (secondary N) is 1. The summed E-state index contributed by atoms with van der Waals surface area (Å²) in [5.74, 6) is 0.391. The van der Waals surface area contributed by atoms with E-state index in [4.69, 9.17) is 0 Å². The molecule has 0 saturated carbocycles. The molecule has 1 aromatic carbocycles. The molecular formula is C11H15NO. The Bertz CT molecular complexity index is 260. The minimum absolute atomic E-state index is 0.166. The van der Waals surface area contributed by atoms with Gasteiger partial charge in [0.25, 0.3) is 0 Å². The predicted octanol–water partition coefficient (Wildman–Crippen LogP) is 0.809. The van der Waals surface area contributed by atoms with Gasteiger partial charge in [0.2, 0.25) is 0 Å². The molecule has 0 aliphatic carbocycles. The second kappa shape index (κ2) is 3.90. The van der Waals surface area contributed by atoms with Crippen LogP contribution in [0.15, 0.2) is 30.3 Å². The summed E-state index contributed by atoms with van der Waals surface area (Å²) in [6.45, 7) is 1.69. The molecule has 1 aliphatic heterocycles. The normalized spacial score (nSPS) is 27.8. The van der Waals surface area contributed by atoms with Gasteiger partial charge < -0.3 is 10.4 Å². The maximum Gasteiger partial charge on any atom is 0.0708 e. The molecule has 70 valence electrons. The van der Waals surface area contributed by atoms with Crippen LogP contribution >= 0.6 is 0 Å². The number of aliphatic hydroxyl groups excluding tert-OH is 1.